The van der Waals surface area contributed by atoms with Gasteiger partial charge in [-0.3, -0.25) is 4.79 Å². The Morgan fingerprint density at radius 3 is 2.21 bits per heavy atom. The van der Waals surface area contributed by atoms with Gasteiger partial charge in [-0.05, 0) is 36.6 Å². The van der Waals surface area contributed by atoms with Crippen LogP contribution in [0.3, 0.4) is 0 Å². The average molecular weight is 385 g/mol. The van der Waals surface area contributed by atoms with Gasteiger partial charge in [0, 0.05) is 23.5 Å². The van der Waals surface area contributed by atoms with Crippen LogP contribution in [0.15, 0.2) is 84.9 Å². The molecule has 3 aromatic rings. The summed E-state index contributed by atoms with van der Waals surface area (Å²) in [5, 5.41) is 5.92. The van der Waals surface area contributed by atoms with Crippen molar-refractivity contribution < 1.29 is 9.59 Å². The van der Waals surface area contributed by atoms with Crippen molar-refractivity contribution >= 4 is 23.3 Å². The van der Waals surface area contributed by atoms with Gasteiger partial charge in [-0.15, -0.1) is 0 Å². The molecule has 1 fully saturated rings. The smallest absolute Gasteiger partial charge is 0.322 e. The molecule has 1 aliphatic heterocycles. The molecule has 1 atom stereocenters. The molecule has 1 saturated heterocycles. The summed E-state index contributed by atoms with van der Waals surface area (Å²) in [5.74, 6) is -0.158. The van der Waals surface area contributed by atoms with Crippen molar-refractivity contribution in [1.29, 1.82) is 0 Å². The number of anilines is 2. The van der Waals surface area contributed by atoms with Crippen molar-refractivity contribution in [3.05, 3.63) is 84.9 Å². The molecular formula is C24H23N3O2. The van der Waals surface area contributed by atoms with Crippen molar-refractivity contribution in [2.45, 2.75) is 18.9 Å². The molecule has 2 N–H and O–H groups in total. The van der Waals surface area contributed by atoms with Crippen LogP contribution in [-0.2, 0) is 4.79 Å². The number of nitrogens with one attached hydrogen (secondary N) is 2. The molecule has 4 rings (SSSR count). The third-order valence-electron chi connectivity index (χ3n) is 5.11. The van der Waals surface area contributed by atoms with Gasteiger partial charge in [-0.25, -0.2) is 4.79 Å². The Hall–Kier alpha value is -3.60. The van der Waals surface area contributed by atoms with Crippen LogP contribution >= 0.6 is 0 Å². The maximum absolute atomic E-state index is 13.0. The van der Waals surface area contributed by atoms with Gasteiger partial charge in [-0.2, -0.15) is 0 Å². The highest BCUT2D eigenvalue weighted by Crippen LogP contribution is 2.29. The quantitative estimate of drug-likeness (QED) is 0.665. The summed E-state index contributed by atoms with van der Waals surface area (Å²) in [6.07, 6.45) is 1.46. The van der Waals surface area contributed by atoms with Gasteiger partial charge in [0.25, 0.3) is 0 Å². The van der Waals surface area contributed by atoms with Crippen LogP contribution in [0.4, 0.5) is 16.2 Å². The minimum Gasteiger partial charge on any atom is -0.324 e. The second kappa shape index (κ2) is 8.61. The van der Waals surface area contributed by atoms with Crippen LogP contribution in [0.5, 0.6) is 0 Å². The molecule has 1 aliphatic rings. The Balaban J connectivity index is 1.49. The van der Waals surface area contributed by atoms with Crippen molar-refractivity contribution in [2.75, 3.05) is 17.2 Å². The number of hydrogen-bond acceptors (Lipinski definition) is 2. The summed E-state index contributed by atoms with van der Waals surface area (Å²) in [6.45, 7) is 0.567. The van der Waals surface area contributed by atoms with E-state index in [0.29, 0.717) is 13.0 Å². The SMILES string of the molecule is O=C(Nc1ccccc1-c1ccccc1)[C@@H]1CCCN1C(=O)Nc1ccccc1. The van der Waals surface area contributed by atoms with Crippen LogP contribution in [0, 0.1) is 0 Å². The minimum atomic E-state index is -0.484. The van der Waals surface area contributed by atoms with Crippen LogP contribution in [0.25, 0.3) is 11.1 Å². The molecule has 5 heteroatoms. The fraction of sp³-hybridized carbons (Fsp3) is 0.167. The summed E-state index contributed by atoms with van der Waals surface area (Å²) in [7, 11) is 0. The van der Waals surface area contributed by atoms with E-state index < -0.39 is 6.04 Å². The van der Waals surface area contributed by atoms with E-state index in [1.54, 1.807) is 4.90 Å². The zero-order valence-electron chi connectivity index (χ0n) is 16.0. The zero-order chi connectivity index (χ0) is 20.1. The Labute approximate surface area is 170 Å². The van der Waals surface area contributed by atoms with Crippen LogP contribution in [0.1, 0.15) is 12.8 Å². The number of para-hydroxylation sites is 2. The highest BCUT2D eigenvalue weighted by atomic mass is 16.2. The van der Waals surface area contributed by atoms with Gasteiger partial charge in [0.05, 0.1) is 0 Å². The summed E-state index contributed by atoms with van der Waals surface area (Å²) in [5.41, 5.74) is 3.46. The molecule has 0 saturated carbocycles. The highest BCUT2D eigenvalue weighted by molar-refractivity contribution is 6.01. The van der Waals surface area contributed by atoms with E-state index in [1.807, 2.05) is 84.9 Å². The van der Waals surface area contributed by atoms with E-state index in [9.17, 15) is 9.59 Å². The molecular weight excluding hydrogens is 362 g/mol. The first-order chi connectivity index (χ1) is 14.2. The second-order valence-electron chi connectivity index (χ2n) is 7.05. The first-order valence-corrected chi connectivity index (χ1v) is 9.80. The number of amides is 3. The third-order valence-corrected chi connectivity index (χ3v) is 5.11. The van der Waals surface area contributed by atoms with Crippen LogP contribution in [-0.4, -0.2) is 29.4 Å². The Morgan fingerprint density at radius 2 is 1.45 bits per heavy atom. The molecule has 0 aromatic heterocycles. The summed E-state index contributed by atoms with van der Waals surface area (Å²) >= 11 is 0. The number of likely N-dealkylation sites (tertiary alicyclic amines) is 1. The van der Waals surface area contributed by atoms with Gasteiger partial charge >= 0.3 is 6.03 Å². The average Bonchev–Trinajstić information content (AvgIpc) is 3.26. The normalized spacial score (nSPS) is 15.7. The molecule has 1 heterocycles. The van der Waals surface area contributed by atoms with E-state index in [4.69, 9.17) is 0 Å². The molecule has 0 spiro atoms. The number of urea groups is 1. The van der Waals surface area contributed by atoms with Crippen LogP contribution in [0.2, 0.25) is 0 Å². The fourth-order valence-electron chi connectivity index (χ4n) is 3.68. The molecule has 0 radical (unpaired) electrons. The van der Waals surface area contributed by atoms with Crippen molar-refractivity contribution in [2.24, 2.45) is 0 Å². The van der Waals surface area contributed by atoms with Gasteiger partial charge in [0.1, 0.15) is 6.04 Å². The van der Waals surface area contributed by atoms with E-state index in [0.717, 1.165) is 28.9 Å². The minimum absolute atomic E-state index is 0.158. The summed E-state index contributed by atoms with van der Waals surface area (Å²) < 4.78 is 0. The third kappa shape index (κ3) is 4.29. The van der Waals surface area contributed by atoms with Crippen molar-refractivity contribution in [3.8, 4) is 11.1 Å². The molecule has 3 amide bonds. The van der Waals surface area contributed by atoms with E-state index in [1.165, 1.54) is 0 Å². The Morgan fingerprint density at radius 1 is 0.793 bits per heavy atom. The Kier molecular flexibility index (Phi) is 5.56. The van der Waals surface area contributed by atoms with E-state index in [2.05, 4.69) is 10.6 Å². The fourth-order valence-corrected chi connectivity index (χ4v) is 3.68. The van der Waals surface area contributed by atoms with E-state index >= 15 is 0 Å². The number of benzene rings is 3. The van der Waals surface area contributed by atoms with E-state index in [-0.39, 0.29) is 11.9 Å². The van der Waals surface area contributed by atoms with Crippen molar-refractivity contribution in [3.63, 3.8) is 0 Å². The summed E-state index contributed by atoms with van der Waals surface area (Å²) in [6, 6.07) is 26.2. The standard InChI is InChI=1S/C24H23N3O2/c28-23(26-21-15-8-7-14-20(21)18-10-3-1-4-11-18)22-16-9-17-27(22)24(29)25-19-12-5-2-6-13-19/h1-8,10-15,22H,9,16-17H2,(H,25,29)(H,26,28)/t22-/m0/s1. The number of hydrogen-bond donors (Lipinski definition) is 2. The van der Waals surface area contributed by atoms with Gasteiger partial charge in [-0.1, -0.05) is 66.7 Å². The summed E-state index contributed by atoms with van der Waals surface area (Å²) in [4.78, 5) is 27.4. The zero-order valence-corrected chi connectivity index (χ0v) is 16.0. The van der Waals surface area contributed by atoms with Gasteiger partial charge < -0.3 is 15.5 Å². The van der Waals surface area contributed by atoms with Crippen LogP contribution < -0.4 is 10.6 Å². The lowest BCUT2D eigenvalue weighted by Gasteiger charge is -2.24. The second-order valence-corrected chi connectivity index (χ2v) is 7.05. The molecule has 0 unspecified atom stereocenters. The lowest BCUT2D eigenvalue weighted by molar-refractivity contribution is -0.119. The van der Waals surface area contributed by atoms with Gasteiger partial charge in [0.2, 0.25) is 5.91 Å². The number of rotatable bonds is 4. The molecule has 5 nitrogen and oxygen atoms in total. The predicted molar refractivity (Wildman–Crippen MR) is 116 cm³/mol. The number of carbonyl (C=O) groups is 2. The molecule has 3 aromatic carbocycles. The lowest BCUT2D eigenvalue weighted by atomic mass is 10.0. The topological polar surface area (TPSA) is 61.4 Å². The Bertz CT molecular complexity index is 989. The molecule has 29 heavy (non-hydrogen) atoms. The molecule has 0 bridgehead atoms. The van der Waals surface area contributed by atoms with Crippen molar-refractivity contribution in [1.82, 2.24) is 4.90 Å². The predicted octanol–water partition coefficient (Wildman–Crippen LogP) is 4.99. The lowest BCUT2D eigenvalue weighted by Crippen LogP contribution is -2.45. The number of nitrogens with zero attached hydrogens (tertiary/aromatic N) is 1. The monoisotopic (exact) mass is 385 g/mol. The maximum Gasteiger partial charge on any atom is 0.322 e. The molecule has 0 aliphatic carbocycles. The highest BCUT2D eigenvalue weighted by Gasteiger charge is 2.34. The van der Waals surface area contributed by atoms with Gasteiger partial charge in [0.15, 0.2) is 0 Å². The maximum atomic E-state index is 13.0. The first-order valence-electron chi connectivity index (χ1n) is 9.80. The first kappa shape index (κ1) is 18.7. The number of carbonyl (C=O) groups excluding carboxylic acids is 2. The largest absolute Gasteiger partial charge is 0.324 e. The molecule has 146 valence electrons.